The number of rotatable bonds is 5. The average Bonchev–Trinajstić information content (AvgIpc) is 2.80. The molecule has 1 amide bonds. The van der Waals surface area contributed by atoms with Gasteiger partial charge in [0, 0.05) is 38.6 Å². The number of halogens is 1. The smallest absolute Gasteiger partial charge is 0.335 e. The lowest BCUT2D eigenvalue weighted by molar-refractivity contribution is 0.0696. The zero-order valence-corrected chi connectivity index (χ0v) is 16.5. The molecule has 0 bridgehead atoms. The first-order chi connectivity index (χ1) is 15.0. The number of carboxylic acids is 1. The van der Waals surface area contributed by atoms with Crippen LogP contribution in [0.3, 0.4) is 0 Å². The van der Waals surface area contributed by atoms with Crippen LogP contribution in [0, 0.1) is 5.82 Å². The quantitative estimate of drug-likeness (QED) is 0.654. The minimum atomic E-state index is -1.11. The van der Waals surface area contributed by atoms with Crippen molar-refractivity contribution < 1.29 is 19.1 Å². The Morgan fingerprint density at radius 1 is 0.935 bits per heavy atom. The van der Waals surface area contributed by atoms with Crippen LogP contribution in [0.5, 0.6) is 0 Å². The van der Waals surface area contributed by atoms with Crippen molar-refractivity contribution in [1.29, 1.82) is 0 Å². The van der Waals surface area contributed by atoms with E-state index in [1.165, 1.54) is 30.3 Å². The third kappa shape index (κ3) is 4.45. The van der Waals surface area contributed by atoms with Crippen molar-refractivity contribution in [2.75, 3.05) is 41.3 Å². The molecule has 1 fully saturated rings. The number of piperazine rings is 1. The standard InChI is InChI=1S/C22H20FN5O3/c23-17-5-2-1-4-16(17)20(29)26-18-14-15(21(30)31)6-7-19(18)27-10-12-28(13-11-27)22-24-8-3-9-25-22/h1-9,14H,10-13H2,(H,26,29)(H,30,31). The Hall–Kier alpha value is -4.01. The molecule has 158 valence electrons. The summed E-state index contributed by atoms with van der Waals surface area (Å²) >= 11 is 0. The van der Waals surface area contributed by atoms with Gasteiger partial charge >= 0.3 is 5.97 Å². The zero-order valence-electron chi connectivity index (χ0n) is 16.5. The molecule has 1 aliphatic heterocycles. The van der Waals surface area contributed by atoms with Gasteiger partial charge in [-0.1, -0.05) is 12.1 Å². The molecule has 2 N–H and O–H groups in total. The maximum absolute atomic E-state index is 14.0. The van der Waals surface area contributed by atoms with E-state index in [0.29, 0.717) is 43.5 Å². The molecule has 1 aromatic heterocycles. The number of hydrogen-bond donors (Lipinski definition) is 2. The van der Waals surface area contributed by atoms with Crippen molar-refractivity contribution >= 4 is 29.2 Å². The lowest BCUT2D eigenvalue weighted by atomic mass is 10.1. The molecule has 3 aromatic rings. The molecule has 1 saturated heterocycles. The van der Waals surface area contributed by atoms with E-state index >= 15 is 0 Å². The number of carbonyl (C=O) groups excluding carboxylic acids is 1. The Morgan fingerprint density at radius 2 is 1.61 bits per heavy atom. The van der Waals surface area contributed by atoms with Crippen molar-refractivity contribution in [2.24, 2.45) is 0 Å². The average molecular weight is 421 g/mol. The Balaban J connectivity index is 1.57. The van der Waals surface area contributed by atoms with Crippen LogP contribution in [-0.4, -0.2) is 53.1 Å². The second-order valence-electron chi connectivity index (χ2n) is 6.99. The minimum absolute atomic E-state index is 0.0314. The maximum atomic E-state index is 14.0. The van der Waals surface area contributed by atoms with Gasteiger partial charge in [0.15, 0.2) is 0 Å². The van der Waals surface area contributed by atoms with Crippen LogP contribution in [0.2, 0.25) is 0 Å². The Morgan fingerprint density at radius 3 is 2.29 bits per heavy atom. The van der Waals surface area contributed by atoms with E-state index in [2.05, 4.69) is 20.2 Å². The highest BCUT2D eigenvalue weighted by Gasteiger charge is 2.23. The molecule has 8 nitrogen and oxygen atoms in total. The highest BCUT2D eigenvalue weighted by molar-refractivity contribution is 6.07. The molecule has 31 heavy (non-hydrogen) atoms. The lowest BCUT2D eigenvalue weighted by Crippen LogP contribution is -2.47. The fourth-order valence-electron chi connectivity index (χ4n) is 3.48. The largest absolute Gasteiger partial charge is 0.478 e. The summed E-state index contributed by atoms with van der Waals surface area (Å²) in [5.74, 6) is -1.75. The summed E-state index contributed by atoms with van der Waals surface area (Å²) < 4.78 is 14.0. The van der Waals surface area contributed by atoms with E-state index in [0.717, 1.165) is 0 Å². The molecule has 0 saturated carbocycles. The molecule has 2 heterocycles. The third-order valence-electron chi connectivity index (χ3n) is 5.07. The summed E-state index contributed by atoms with van der Waals surface area (Å²) in [6.45, 7) is 2.55. The minimum Gasteiger partial charge on any atom is -0.478 e. The monoisotopic (exact) mass is 421 g/mol. The second-order valence-corrected chi connectivity index (χ2v) is 6.99. The van der Waals surface area contributed by atoms with Gasteiger partial charge in [0.2, 0.25) is 5.95 Å². The number of amides is 1. The van der Waals surface area contributed by atoms with Crippen LogP contribution in [-0.2, 0) is 0 Å². The molecule has 0 aliphatic carbocycles. The van der Waals surface area contributed by atoms with Gasteiger partial charge in [-0.05, 0) is 36.4 Å². The van der Waals surface area contributed by atoms with Gasteiger partial charge in [0.1, 0.15) is 5.82 Å². The predicted molar refractivity (Wildman–Crippen MR) is 114 cm³/mol. The number of carboxylic acid groups (broad SMARTS) is 1. The van der Waals surface area contributed by atoms with Crippen LogP contribution in [0.15, 0.2) is 60.9 Å². The molecule has 9 heteroatoms. The van der Waals surface area contributed by atoms with E-state index in [1.807, 2.05) is 4.90 Å². The number of hydrogen-bond acceptors (Lipinski definition) is 6. The summed E-state index contributed by atoms with van der Waals surface area (Å²) in [7, 11) is 0. The number of nitrogens with zero attached hydrogens (tertiary/aromatic N) is 4. The van der Waals surface area contributed by atoms with E-state index in [4.69, 9.17) is 0 Å². The molecule has 0 radical (unpaired) electrons. The SMILES string of the molecule is O=C(O)c1ccc(N2CCN(c3ncccn3)CC2)c(NC(=O)c2ccccc2F)c1. The van der Waals surface area contributed by atoms with Gasteiger partial charge in [-0.25, -0.2) is 19.2 Å². The fourth-order valence-corrected chi connectivity index (χ4v) is 3.48. The summed E-state index contributed by atoms with van der Waals surface area (Å²) in [5.41, 5.74) is 0.907. The number of nitrogens with one attached hydrogen (secondary N) is 1. The van der Waals surface area contributed by atoms with E-state index in [-0.39, 0.29) is 11.1 Å². The van der Waals surface area contributed by atoms with Gasteiger partial charge in [-0.2, -0.15) is 0 Å². The van der Waals surface area contributed by atoms with Gasteiger partial charge in [-0.15, -0.1) is 0 Å². The fraction of sp³-hybridized carbons (Fsp3) is 0.182. The van der Waals surface area contributed by atoms with E-state index in [1.54, 1.807) is 30.6 Å². The Kier molecular flexibility index (Phi) is 5.74. The Bertz CT molecular complexity index is 1100. The molecule has 0 unspecified atom stereocenters. The normalized spacial score (nSPS) is 13.7. The summed E-state index contributed by atoms with van der Waals surface area (Å²) in [5, 5.41) is 12.0. The van der Waals surface area contributed by atoms with Crippen LogP contribution in [0.25, 0.3) is 0 Å². The zero-order chi connectivity index (χ0) is 21.8. The van der Waals surface area contributed by atoms with Crippen molar-refractivity contribution in [2.45, 2.75) is 0 Å². The molecule has 1 aliphatic rings. The highest BCUT2D eigenvalue weighted by Crippen LogP contribution is 2.29. The van der Waals surface area contributed by atoms with Gasteiger partial charge in [0.05, 0.1) is 22.5 Å². The number of aromatic nitrogens is 2. The van der Waals surface area contributed by atoms with Crippen LogP contribution in [0.4, 0.5) is 21.7 Å². The summed E-state index contributed by atoms with van der Waals surface area (Å²) in [6, 6.07) is 11.9. The van der Waals surface area contributed by atoms with Crippen molar-refractivity contribution in [3.8, 4) is 0 Å². The molecular weight excluding hydrogens is 401 g/mol. The summed E-state index contributed by atoms with van der Waals surface area (Å²) in [6.07, 6.45) is 3.38. The number of benzene rings is 2. The first kappa shape index (κ1) is 20.3. The van der Waals surface area contributed by atoms with Gasteiger partial charge < -0.3 is 20.2 Å². The lowest BCUT2D eigenvalue weighted by Gasteiger charge is -2.37. The third-order valence-corrected chi connectivity index (χ3v) is 5.07. The first-order valence-corrected chi connectivity index (χ1v) is 9.73. The van der Waals surface area contributed by atoms with Crippen molar-refractivity contribution in [3.05, 3.63) is 77.9 Å². The maximum Gasteiger partial charge on any atom is 0.335 e. The first-order valence-electron chi connectivity index (χ1n) is 9.73. The topological polar surface area (TPSA) is 98.7 Å². The van der Waals surface area contributed by atoms with Crippen LogP contribution < -0.4 is 15.1 Å². The van der Waals surface area contributed by atoms with Crippen LogP contribution in [0.1, 0.15) is 20.7 Å². The van der Waals surface area contributed by atoms with Crippen molar-refractivity contribution in [1.82, 2.24) is 9.97 Å². The molecular formula is C22H20FN5O3. The van der Waals surface area contributed by atoms with E-state index in [9.17, 15) is 19.1 Å². The predicted octanol–water partition coefficient (Wildman–Crippen LogP) is 2.89. The summed E-state index contributed by atoms with van der Waals surface area (Å²) in [4.78, 5) is 36.7. The molecule has 4 rings (SSSR count). The second kappa shape index (κ2) is 8.78. The molecule has 2 aromatic carbocycles. The van der Waals surface area contributed by atoms with Gasteiger partial charge in [-0.3, -0.25) is 4.79 Å². The molecule has 0 atom stereocenters. The highest BCUT2D eigenvalue weighted by atomic mass is 19.1. The number of aromatic carboxylic acids is 1. The Labute approximate surface area is 178 Å². The van der Waals surface area contributed by atoms with Crippen LogP contribution >= 0.6 is 0 Å². The number of anilines is 3. The molecule has 0 spiro atoms. The van der Waals surface area contributed by atoms with E-state index < -0.39 is 17.7 Å². The van der Waals surface area contributed by atoms with Crippen molar-refractivity contribution in [3.63, 3.8) is 0 Å². The number of carbonyl (C=O) groups is 2. The van der Waals surface area contributed by atoms with Gasteiger partial charge in [0.25, 0.3) is 5.91 Å².